The van der Waals surface area contributed by atoms with Crippen LogP contribution in [0.5, 0.6) is 0 Å². The highest BCUT2D eigenvalue weighted by Crippen LogP contribution is 2.55. The Kier molecular flexibility index (Phi) is 3.17. The molecule has 4 N–H and O–H groups in total. The molecule has 2 nitrogen and oxygen atoms in total. The molecule has 98 valence electrons. The van der Waals surface area contributed by atoms with E-state index < -0.39 is 0 Å². The highest BCUT2D eigenvalue weighted by Gasteiger charge is 2.39. The second-order valence-corrected chi connectivity index (χ2v) is 6.51. The topological polar surface area (TPSA) is 52.0 Å². The van der Waals surface area contributed by atoms with Gasteiger partial charge in [0.2, 0.25) is 0 Å². The predicted octanol–water partition coefficient (Wildman–Crippen LogP) is 4.04. The van der Waals surface area contributed by atoms with E-state index in [4.69, 9.17) is 11.5 Å². The van der Waals surface area contributed by atoms with Crippen LogP contribution in [0.15, 0.2) is 36.4 Å². The molecule has 0 spiro atoms. The van der Waals surface area contributed by atoms with Crippen molar-refractivity contribution in [1.29, 1.82) is 0 Å². The fourth-order valence-corrected chi connectivity index (χ4v) is 2.95. The molecule has 2 atom stereocenters. The molecular weight excluding hydrogens is 347 g/mol. The van der Waals surface area contributed by atoms with Gasteiger partial charge in [-0.05, 0) is 82.7 Å². The third kappa shape index (κ3) is 2.43. The van der Waals surface area contributed by atoms with Gasteiger partial charge in [-0.15, -0.1) is 0 Å². The number of hydrogen-bond acceptors (Lipinski definition) is 2. The molecule has 0 radical (unpaired) electrons. The minimum atomic E-state index is 0.599. The zero-order chi connectivity index (χ0) is 13.6. The van der Waals surface area contributed by atoms with Gasteiger partial charge in [0.15, 0.2) is 0 Å². The first-order valence-electron chi connectivity index (χ1n) is 6.47. The smallest absolute Gasteiger partial charge is 0.0452 e. The monoisotopic (exact) mass is 364 g/mol. The van der Waals surface area contributed by atoms with E-state index in [0.29, 0.717) is 11.8 Å². The Hall–Kier alpha value is -1.23. The number of nitrogens with two attached hydrogens (primary N) is 2. The van der Waals surface area contributed by atoms with Gasteiger partial charge in [-0.3, -0.25) is 0 Å². The zero-order valence-electron chi connectivity index (χ0n) is 10.9. The fraction of sp³-hybridized carbons (Fsp3) is 0.250. The first kappa shape index (κ1) is 12.8. The SMILES string of the molecule is Cc1ccc(C2CC2c2ccc(I)c(N)c2)cc1N. The van der Waals surface area contributed by atoms with Crippen LogP contribution in [0, 0.1) is 10.5 Å². The summed E-state index contributed by atoms with van der Waals surface area (Å²) in [6.45, 7) is 2.04. The summed E-state index contributed by atoms with van der Waals surface area (Å²) in [7, 11) is 0. The summed E-state index contributed by atoms with van der Waals surface area (Å²) in [5.41, 5.74) is 17.6. The molecule has 3 rings (SSSR count). The first-order valence-corrected chi connectivity index (χ1v) is 7.55. The Morgan fingerprint density at radius 2 is 1.53 bits per heavy atom. The lowest BCUT2D eigenvalue weighted by Crippen LogP contribution is -1.93. The highest BCUT2D eigenvalue weighted by atomic mass is 127. The third-order valence-electron chi connectivity index (χ3n) is 3.97. The van der Waals surface area contributed by atoms with Crippen molar-refractivity contribution in [2.24, 2.45) is 0 Å². The molecule has 0 aliphatic heterocycles. The molecule has 0 bridgehead atoms. The van der Waals surface area contributed by atoms with Crippen LogP contribution in [0.1, 0.15) is 34.9 Å². The van der Waals surface area contributed by atoms with Crippen LogP contribution in [0.2, 0.25) is 0 Å². The molecule has 1 aliphatic rings. The van der Waals surface area contributed by atoms with Crippen LogP contribution in [0.25, 0.3) is 0 Å². The highest BCUT2D eigenvalue weighted by molar-refractivity contribution is 14.1. The largest absolute Gasteiger partial charge is 0.399 e. The van der Waals surface area contributed by atoms with Crippen LogP contribution in [0.3, 0.4) is 0 Å². The maximum atomic E-state index is 5.99. The zero-order valence-corrected chi connectivity index (χ0v) is 13.0. The first-order chi connectivity index (χ1) is 9.06. The van der Waals surface area contributed by atoms with Crippen LogP contribution in [-0.4, -0.2) is 0 Å². The third-order valence-corrected chi connectivity index (χ3v) is 4.95. The van der Waals surface area contributed by atoms with E-state index in [-0.39, 0.29) is 0 Å². The van der Waals surface area contributed by atoms with E-state index in [1.165, 1.54) is 17.5 Å². The van der Waals surface area contributed by atoms with Gasteiger partial charge >= 0.3 is 0 Å². The average molecular weight is 364 g/mol. The van der Waals surface area contributed by atoms with Crippen molar-refractivity contribution in [3.63, 3.8) is 0 Å². The van der Waals surface area contributed by atoms with Crippen LogP contribution < -0.4 is 11.5 Å². The van der Waals surface area contributed by atoms with Crippen LogP contribution in [0.4, 0.5) is 11.4 Å². The van der Waals surface area contributed by atoms with Crippen molar-refractivity contribution in [3.8, 4) is 0 Å². The quantitative estimate of drug-likeness (QED) is 0.624. The van der Waals surface area contributed by atoms with E-state index >= 15 is 0 Å². The molecule has 2 unspecified atom stereocenters. The minimum Gasteiger partial charge on any atom is -0.399 e. The van der Waals surface area contributed by atoms with Gasteiger partial charge in [-0.25, -0.2) is 0 Å². The minimum absolute atomic E-state index is 0.599. The van der Waals surface area contributed by atoms with E-state index in [1.54, 1.807) is 0 Å². The van der Waals surface area contributed by atoms with Crippen LogP contribution >= 0.6 is 22.6 Å². The Bertz CT molecular complexity index is 581. The summed E-state index contributed by atoms with van der Waals surface area (Å²) in [6, 6.07) is 12.8. The van der Waals surface area contributed by atoms with E-state index in [0.717, 1.165) is 20.5 Å². The number of benzene rings is 2. The predicted molar refractivity (Wildman–Crippen MR) is 89.3 cm³/mol. The number of rotatable bonds is 2. The lowest BCUT2D eigenvalue weighted by Gasteiger charge is -2.06. The molecule has 2 aromatic carbocycles. The summed E-state index contributed by atoms with van der Waals surface area (Å²) in [4.78, 5) is 0. The lowest BCUT2D eigenvalue weighted by molar-refractivity contribution is 1.03. The van der Waals surface area contributed by atoms with Gasteiger partial charge in [0, 0.05) is 14.9 Å². The van der Waals surface area contributed by atoms with Crippen molar-refractivity contribution in [2.75, 3.05) is 11.5 Å². The molecule has 0 amide bonds. The summed E-state index contributed by atoms with van der Waals surface area (Å²) < 4.78 is 1.12. The van der Waals surface area contributed by atoms with E-state index in [1.807, 2.05) is 6.92 Å². The Balaban J connectivity index is 1.83. The van der Waals surface area contributed by atoms with Gasteiger partial charge in [0.1, 0.15) is 0 Å². The van der Waals surface area contributed by atoms with E-state index in [9.17, 15) is 0 Å². The van der Waals surface area contributed by atoms with Crippen molar-refractivity contribution in [1.82, 2.24) is 0 Å². The molecule has 19 heavy (non-hydrogen) atoms. The molecule has 0 heterocycles. The average Bonchev–Trinajstić information content (AvgIpc) is 3.16. The summed E-state index contributed by atoms with van der Waals surface area (Å²) in [5, 5.41) is 0. The number of hydrogen-bond donors (Lipinski definition) is 2. The standard InChI is InChI=1S/C16H17IN2/c1-9-2-3-10(6-15(9)18)12-8-13(12)11-4-5-14(17)16(19)7-11/h2-7,12-13H,8,18-19H2,1H3. The van der Waals surface area contributed by atoms with Crippen LogP contribution in [-0.2, 0) is 0 Å². The molecule has 1 saturated carbocycles. The number of aryl methyl sites for hydroxylation is 1. The van der Waals surface area contributed by atoms with Gasteiger partial charge in [-0.2, -0.15) is 0 Å². The van der Waals surface area contributed by atoms with Crippen molar-refractivity contribution in [2.45, 2.75) is 25.2 Å². The molecule has 1 aliphatic carbocycles. The number of nitrogen functional groups attached to an aromatic ring is 2. The Morgan fingerprint density at radius 3 is 2.11 bits per heavy atom. The second-order valence-electron chi connectivity index (χ2n) is 5.35. The molecule has 0 aromatic heterocycles. The van der Waals surface area contributed by atoms with Crippen molar-refractivity contribution >= 4 is 34.0 Å². The van der Waals surface area contributed by atoms with Gasteiger partial charge in [0.05, 0.1) is 0 Å². The summed E-state index contributed by atoms with van der Waals surface area (Å²) >= 11 is 2.27. The maximum Gasteiger partial charge on any atom is 0.0452 e. The molecule has 1 fully saturated rings. The summed E-state index contributed by atoms with van der Waals surface area (Å²) in [5.74, 6) is 1.20. The van der Waals surface area contributed by atoms with Gasteiger partial charge in [0.25, 0.3) is 0 Å². The van der Waals surface area contributed by atoms with Gasteiger partial charge in [-0.1, -0.05) is 18.2 Å². The molecular formula is C16H17IN2. The molecule has 2 aromatic rings. The second kappa shape index (κ2) is 4.71. The number of halogens is 1. The fourth-order valence-electron chi connectivity index (χ4n) is 2.61. The normalized spacial score (nSPS) is 21.4. The number of anilines is 2. The summed E-state index contributed by atoms with van der Waals surface area (Å²) in [6.07, 6.45) is 1.20. The Labute approximate surface area is 127 Å². The molecule has 3 heteroatoms. The van der Waals surface area contributed by atoms with Crippen molar-refractivity contribution < 1.29 is 0 Å². The molecule has 0 saturated heterocycles. The van der Waals surface area contributed by atoms with E-state index in [2.05, 4.69) is 59.0 Å². The van der Waals surface area contributed by atoms with Crippen molar-refractivity contribution in [3.05, 3.63) is 56.7 Å². The lowest BCUT2D eigenvalue weighted by atomic mass is 10.0. The Morgan fingerprint density at radius 1 is 0.947 bits per heavy atom. The van der Waals surface area contributed by atoms with Gasteiger partial charge < -0.3 is 11.5 Å². The maximum absolute atomic E-state index is 5.99.